The Labute approximate surface area is 191 Å². The second-order valence-corrected chi connectivity index (χ2v) is 7.93. The Morgan fingerprint density at radius 3 is 2.52 bits per heavy atom. The fourth-order valence-electron chi connectivity index (χ4n) is 3.14. The highest BCUT2D eigenvalue weighted by molar-refractivity contribution is 7.98. The van der Waals surface area contributed by atoms with Crippen LogP contribution in [0.15, 0.2) is 56.6 Å². The Morgan fingerprint density at radius 2 is 1.88 bits per heavy atom. The van der Waals surface area contributed by atoms with E-state index in [1.165, 1.54) is 32.4 Å². The Hall–Kier alpha value is -3.53. The van der Waals surface area contributed by atoms with Crippen LogP contribution >= 0.6 is 11.8 Å². The number of aromatic hydroxyl groups is 2. The maximum Gasteiger partial charge on any atom is 0.306 e. The van der Waals surface area contributed by atoms with Crippen molar-refractivity contribution in [3.8, 4) is 17.2 Å². The van der Waals surface area contributed by atoms with E-state index >= 15 is 0 Å². The number of phenolic OH excluding ortho intramolecular Hbond substituents is 1. The average molecular weight is 478 g/mol. The van der Waals surface area contributed by atoms with Crippen LogP contribution < -0.4 is 10.2 Å². The SMILES string of the molecule is COC(=O)CC(c1ccc(OC)c(O)c1)c1oc(CSc2ccc(F)cc2F)cc(=O)c1O. The molecule has 1 aromatic heterocycles. The molecule has 3 aromatic rings. The average Bonchev–Trinajstić information content (AvgIpc) is 2.79. The summed E-state index contributed by atoms with van der Waals surface area (Å²) in [6.45, 7) is 0. The third kappa shape index (κ3) is 5.64. The first-order chi connectivity index (χ1) is 15.7. The van der Waals surface area contributed by atoms with E-state index in [-0.39, 0.29) is 40.1 Å². The van der Waals surface area contributed by atoms with Crippen LogP contribution in [0.3, 0.4) is 0 Å². The minimum atomic E-state index is -0.977. The molecule has 3 rings (SSSR count). The van der Waals surface area contributed by atoms with Crippen LogP contribution in [-0.4, -0.2) is 30.4 Å². The summed E-state index contributed by atoms with van der Waals surface area (Å²) in [6.07, 6.45) is -0.304. The number of carbonyl (C=O) groups excluding carboxylic acids is 1. The summed E-state index contributed by atoms with van der Waals surface area (Å²) in [5.41, 5.74) is -0.412. The maximum absolute atomic E-state index is 13.9. The summed E-state index contributed by atoms with van der Waals surface area (Å²) >= 11 is 0.961. The molecule has 1 heterocycles. The predicted molar refractivity (Wildman–Crippen MR) is 116 cm³/mol. The van der Waals surface area contributed by atoms with Crippen molar-refractivity contribution < 1.29 is 37.7 Å². The Kier molecular flexibility index (Phi) is 7.59. The first-order valence-electron chi connectivity index (χ1n) is 9.61. The van der Waals surface area contributed by atoms with Crippen LogP contribution in [0.4, 0.5) is 8.78 Å². The van der Waals surface area contributed by atoms with E-state index in [2.05, 4.69) is 0 Å². The van der Waals surface area contributed by atoms with Gasteiger partial charge in [0, 0.05) is 17.0 Å². The van der Waals surface area contributed by atoms with Gasteiger partial charge in [0.1, 0.15) is 17.4 Å². The van der Waals surface area contributed by atoms with Gasteiger partial charge in [0.15, 0.2) is 17.3 Å². The summed E-state index contributed by atoms with van der Waals surface area (Å²) < 4.78 is 42.5. The van der Waals surface area contributed by atoms with Gasteiger partial charge < -0.3 is 24.1 Å². The number of methoxy groups -OCH3 is 2. The van der Waals surface area contributed by atoms with Crippen LogP contribution in [0.2, 0.25) is 0 Å². The minimum absolute atomic E-state index is 0.0100. The molecule has 2 aromatic carbocycles. The highest BCUT2D eigenvalue weighted by atomic mass is 32.2. The summed E-state index contributed by atoms with van der Waals surface area (Å²) in [5.74, 6) is -3.98. The van der Waals surface area contributed by atoms with Gasteiger partial charge in [0.25, 0.3) is 0 Å². The van der Waals surface area contributed by atoms with E-state index in [1.54, 1.807) is 6.07 Å². The number of carbonyl (C=O) groups is 1. The zero-order valence-corrected chi connectivity index (χ0v) is 18.4. The van der Waals surface area contributed by atoms with E-state index in [1.807, 2.05) is 0 Å². The molecule has 0 aliphatic carbocycles. The standard InChI is InChI=1S/C23H20F2O7S/c1-30-19-5-3-12(7-17(19)26)15(10-21(28)31-2)23-22(29)18(27)9-14(32-23)11-33-20-6-4-13(24)8-16(20)25/h3-9,15,26,29H,10-11H2,1-2H3. The van der Waals surface area contributed by atoms with Crippen molar-refractivity contribution in [1.29, 1.82) is 0 Å². The minimum Gasteiger partial charge on any atom is -0.504 e. The molecular weight excluding hydrogens is 458 g/mol. The highest BCUT2D eigenvalue weighted by Gasteiger charge is 2.27. The van der Waals surface area contributed by atoms with Crippen molar-refractivity contribution in [2.24, 2.45) is 0 Å². The second-order valence-electron chi connectivity index (χ2n) is 6.92. The lowest BCUT2D eigenvalue weighted by Gasteiger charge is -2.18. The van der Waals surface area contributed by atoms with Gasteiger partial charge in [-0.1, -0.05) is 6.07 Å². The number of esters is 1. The molecule has 0 radical (unpaired) electrons. The van der Waals surface area contributed by atoms with Gasteiger partial charge in [-0.25, -0.2) is 8.78 Å². The fourth-order valence-corrected chi connectivity index (χ4v) is 3.94. The topological polar surface area (TPSA) is 106 Å². The molecule has 0 amide bonds. The molecule has 1 atom stereocenters. The van der Waals surface area contributed by atoms with Gasteiger partial charge in [-0.15, -0.1) is 11.8 Å². The molecule has 174 valence electrons. The van der Waals surface area contributed by atoms with Gasteiger partial charge in [0.05, 0.1) is 32.3 Å². The molecule has 0 saturated carbocycles. The number of hydrogen-bond donors (Lipinski definition) is 2. The van der Waals surface area contributed by atoms with Crippen LogP contribution in [0.25, 0.3) is 0 Å². The van der Waals surface area contributed by atoms with Crippen molar-refractivity contribution in [2.45, 2.75) is 23.0 Å². The molecular formula is C23H20F2O7S. The lowest BCUT2D eigenvalue weighted by Crippen LogP contribution is -2.14. The van der Waals surface area contributed by atoms with E-state index in [0.29, 0.717) is 5.56 Å². The molecule has 0 saturated heterocycles. The maximum atomic E-state index is 13.9. The molecule has 0 spiro atoms. The third-order valence-corrected chi connectivity index (χ3v) is 5.85. The summed E-state index contributed by atoms with van der Waals surface area (Å²) in [7, 11) is 2.56. The van der Waals surface area contributed by atoms with Gasteiger partial charge in [-0.3, -0.25) is 9.59 Å². The van der Waals surface area contributed by atoms with Gasteiger partial charge in [-0.05, 0) is 29.8 Å². The molecule has 2 N–H and O–H groups in total. The summed E-state index contributed by atoms with van der Waals surface area (Å²) in [6, 6.07) is 8.47. The van der Waals surface area contributed by atoms with Crippen LogP contribution in [0, 0.1) is 11.6 Å². The van der Waals surface area contributed by atoms with Gasteiger partial charge in [-0.2, -0.15) is 0 Å². The summed E-state index contributed by atoms with van der Waals surface area (Å²) in [5, 5.41) is 20.6. The highest BCUT2D eigenvalue weighted by Crippen LogP contribution is 2.38. The number of phenols is 1. The van der Waals surface area contributed by atoms with E-state index in [4.69, 9.17) is 13.9 Å². The Morgan fingerprint density at radius 1 is 1.12 bits per heavy atom. The molecule has 0 aliphatic rings. The molecule has 0 fully saturated rings. The number of halogens is 2. The number of rotatable bonds is 8. The van der Waals surface area contributed by atoms with Crippen LogP contribution in [0.1, 0.15) is 29.4 Å². The van der Waals surface area contributed by atoms with E-state index < -0.39 is 34.7 Å². The monoisotopic (exact) mass is 478 g/mol. The third-order valence-electron chi connectivity index (χ3n) is 4.78. The molecule has 33 heavy (non-hydrogen) atoms. The van der Waals surface area contributed by atoms with Crippen molar-refractivity contribution in [3.05, 3.63) is 81.4 Å². The van der Waals surface area contributed by atoms with Crippen molar-refractivity contribution in [3.63, 3.8) is 0 Å². The first kappa shape index (κ1) is 24.1. The second kappa shape index (κ2) is 10.4. The van der Waals surface area contributed by atoms with Crippen molar-refractivity contribution >= 4 is 17.7 Å². The van der Waals surface area contributed by atoms with E-state index in [9.17, 15) is 28.6 Å². The lowest BCUT2D eigenvalue weighted by molar-refractivity contribution is -0.140. The van der Waals surface area contributed by atoms with Crippen molar-refractivity contribution in [2.75, 3.05) is 14.2 Å². The summed E-state index contributed by atoms with van der Waals surface area (Å²) in [4.78, 5) is 24.6. The Balaban J connectivity index is 2.00. The smallest absolute Gasteiger partial charge is 0.306 e. The number of ether oxygens (including phenoxy) is 2. The Bertz CT molecular complexity index is 1230. The van der Waals surface area contributed by atoms with Crippen LogP contribution in [0.5, 0.6) is 17.2 Å². The molecule has 1 unspecified atom stereocenters. The quantitative estimate of drug-likeness (QED) is 0.364. The number of hydrogen-bond acceptors (Lipinski definition) is 8. The largest absolute Gasteiger partial charge is 0.504 e. The zero-order chi connectivity index (χ0) is 24.1. The fraction of sp³-hybridized carbons (Fsp3) is 0.217. The molecule has 0 aliphatic heterocycles. The van der Waals surface area contributed by atoms with E-state index in [0.717, 1.165) is 30.0 Å². The first-order valence-corrected chi connectivity index (χ1v) is 10.6. The zero-order valence-electron chi connectivity index (χ0n) is 17.6. The number of benzene rings is 2. The van der Waals surface area contributed by atoms with Gasteiger partial charge in [0.2, 0.25) is 11.2 Å². The normalized spacial score (nSPS) is 11.8. The van der Waals surface area contributed by atoms with Crippen LogP contribution in [-0.2, 0) is 15.3 Å². The predicted octanol–water partition coefficient (Wildman–Crippen LogP) is 4.33. The molecule has 7 nitrogen and oxygen atoms in total. The van der Waals surface area contributed by atoms with Gasteiger partial charge >= 0.3 is 5.97 Å². The van der Waals surface area contributed by atoms with Crippen molar-refractivity contribution in [1.82, 2.24) is 0 Å². The molecule has 10 heteroatoms. The molecule has 0 bridgehead atoms. The lowest BCUT2D eigenvalue weighted by atomic mass is 9.92. The number of thioether (sulfide) groups is 1.